The predicted octanol–water partition coefficient (Wildman–Crippen LogP) is 3.44. The van der Waals surface area contributed by atoms with E-state index in [1.54, 1.807) is 0 Å². The molecular weight excluding hydrogens is 222 g/mol. The molecule has 3 nitrogen and oxygen atoms in total. The van der Waals surface area contributed by atoms with Crippen LogP contribution in [0.1, 0.15) is 17.0 Å². The standard InChI is InChI=1S/C15H13N3/c1-11-6-7-12(10-16-11)8-9-15-13-4-2-3-5-14(13)17-18-15/h2-10H,1H3,(H,17,18)/b9-8+. The number of para-hydroxylation sites is 1. The Kier molecular flexibility index (Phi) is 2.65. The number of H-pyrrole nitrogens is 1. The van der Waals surface area contributed by atoms with E-state index >= 15 is 0 Å². The van der Waals surface area contributed by atoms with Gasteiger partial charge in [-0.3, -0.25) is 10.1 Å². The van der Waals surface area contributed by atoms with Gasteiger partial charge in [0.2, 0.25) is 0 Å². The highest BCUT2D eigenvalue weighted by Gasteiger charge is 2.00. The van der Waals surface area contributed by atoms with Crippen LogP contribution in [0.2, 0.25) is 0 Å². The lowest BCUT2D eigenvalue weighted by Crippen LogP contribution is -1.80. The minimum atomic E-state index is 0.950. The molecule has 0 unspecified atom stereocenters. The van der Waals surface area contributed by atoms with Gasteiger partial charge in [-0.15, -0.1) is 0 Å². The summed E-state index contributed by atoms with van der Waals surface area (Å²) in [5.74, 6) is 0. The molecule has 0 saturated heterocycles. The van der Waals surface area contributed by atoms with Crippen molar-refractivity contribution in [2.75, 3.05) is 0 Å². The van der Waals surface area contributed by atoms with Crippen LogP contribution in [0, 0.1) is 6.92 Å². The number of pyridine rings is 1. The Balaban J connectivity index is 1.94. The molecule has 0 atom stereocenters. The fraction of sp³-hybridized carbons (Fsp3) is 0.0667. The first kappa shape index (κ1) is 10.7. The van der Waals surface area contributed by atoms with Crippen molar-refractivity contribution in [3.8, 4) is 0 Å². The molecule has 0 fully saturated rings. The van der Waals surface area contributed by atoms with E-state index in [-0.39, 0.29) is 0 Å². The zero-order valence-corrected chi connectivity index (χ0v) is 10.1. The van der Waals surface area contributed by atoms with Gasteiger partial charge in [0, 0.05) is 17.3 Å². The van der Waals surface area contributed by atoms with Gasteiger partial charge in [-0.1, -0.05) is 30.3 Å². The Bertz CT molecular complexity index is 693. The third kappa shape index (κ3) is 2.02. The van der Waals surface area contributed by atoms with Gasteiger partial charge in [-0.05, 0) is 30.7 Å². The van der Waals surface area contributed by atoms with Gasteiger partial charge in [-0.25, -0.2) is 0 Å². The Morgan fingerprint density at radius 2 is 1.94 bits per heavy atom. The van der Waals surface area contributed by atoms with Crippen LogP contribution in [-0.2, 0) is 0 Å². The minimum Gasteiger partial charge on any atom is -0.277 e. The van der Waals surface area contributed by atoms with Gasteiger partial charge in [0.25, 0.3) is 0 Å². The monoisotopic (exact) mass is 235 g/mol. The van der Waals surface area contributed by atoms with E-state index in [9.17, 15) is 0 Å². The van der Waals surface area contributed by atoms with E-state index in [1.165, 1.54) is 0 Å². The van der Waals surface area contributed by atoms with Gasteiger partial charge in [-0.2, -0.15) is 5.10 Å². The van der Waals surface area contributed by atoms with E-state index < -0.39 is 0 Å². The SMILES string of the molecule is Cc1ccc(/C=C/c2n[nH]c3ccccc23)cn1. The lowest BCUT2D eigenvalue weighted by molar-refractivity contribution is 1.11. The molecule has 1 aromatic carbocycles. The molecule has 0 aliphatic heterocycles. The summed E-state index contributed by atoms with van der Waals surface area (Å²) >= 11 is 0. The topological polar surface area (TPSA) is 41.6 Å². The molecule has 3 rings (SSSR count). The van der Waals surface area contributed by atoms with Crippen LogP contribution in [-0.4, -0.2) is 15.2 Å². The number of aryl methyl sites for hydroxylation is 1. The first-order valence-electron chi connectivity index (χ1n) is 5.87. The summed E-state index contributed by atoms with van der Waals surface area (Å²) < 4.78 is 0. The quantitative estimate of drug-likeness (QED) is 0.739. The minimum absolute atomic E-state index is 0.950. The number of hydrogen-bond acceptors (Lipinski definition) is 2. The Hall–Kier alpha value is -2.42. The summed E-state index contributed by atoms with van der Waals surface area (Å²) in [5, 5.41) is 8.45. The van der Waals surface area contributed by atoms with E-state index in [0.717, 1.165) is 27.9 Å². The van der Waals surface area contributed by atoms with E-state index in [2.05, 4.69) is 21.2 Å². The van der Waals surface area contributed by atoms with Crippen LogP contribution in [0.25, 0.3) is 23.1 Å². The number of fused-ring (bicyclic) bond motifs is 1. The number of aromatic amines is 1. The molecule has 0 radical (unpaired) electrons. The lowest BCUT2D eigenvalue weighted by Gasteiger charge is -1.93. The molecule has 2 heterocycles. The average molecular weight is 235 g/mol. The van der Waals surface area contributed by atoms with Crippen molar-refractivity contribution in [2.45, 2.75) is 6.92 Å². The summed E-state index contributed by atoms with van der Waals surface area (Å²) in [6, 6.07) is 12.1. The highest BCUT2D eigenvalue weighted by Crippen LogP contribution is 2.17. The Morgan fingerprint density at radius 1 is 1.06 bits per heavy atom. The van der Waals surface area contributed by atoms with Gasteiger partial charge in [0.05, 0.1) is 11.2 Å². The summed E-state index contributed by atoms with van der Waals surface area (Å²) in [5.41, 5.74) is 4.11. The largest absolute Gasteiger partial charge is 0.277 e. The van der Waals surface area contributed by atoms with Crippen LogP contribution >= 0.6 is 0 Å². The number of benzene rings is 1. The van der Waals surface area contributed by atoms with Crippen molar-refractivity contribution in [2.24, 2.45) is 0 Å². The van der Waals surface area contributed by atoms with Crippen LogP contribution in [0.15, 0.2) is 42.6 Å². The van der Waals surface area contributed by atoms with Crippen LogP contribution in [0.4, 0.5) is 0 Å². The maximum Gasteiger partial charge on any atom is 0.0927 e. The van der Waals surface area contributed by atoms with Crippen molar-refractivity contribution in [3.63, 3.8) is 0 Å². The van der Waals surface area contributed by atoms with Crippen molar-refractivity contribution in [3.05, 3.63) is 59.5 Å². The number of nitrogens with zero attached hydrogens (tertiary/aromatic N) is 2. The zero-order chi connectivity index (χ0) is 12.4. The normalized spacial score (nSPS) is 11.4. The number of aromatic nitrogens is 3. The van der Waals surface area contributed by atoms with Crippen LogP contribution in [0.5, 0.6) is 0 Å². The summed E-state index contributed by atoms with van der Waals surface area (Å²) in [6.07, 6.45) is 5.89. The number of hydrogen-bond donors (Lipinski definition) is 1. The molecule has 1 N–H and O–H groups in total. The Morgan fingerprint density at radius 3 is 2.78 bits per heavy atom. The molecule has 0 spiro atoms. The maximum absolute atomic E-state index is 4.30. The summed E-state index contributed by atoms with van der Waals surface area (Å²) in [7, 11) is 0. The fourth-order valence-electron chi connectivity index (χ4n) is 1.86. The first-order valence-corrected chi connectivity index (χ1v) is 5.87. The van der Waals surface area contributed by atoms with Gasteiger partial charge >= 0.3 is 0 Å². The Labute approximate surface area is 105 Å². The molecule has 0 aliphatic rings. The van der Waals surface area contributed by atoms with E-state index in [0.29, 0.717) is 0 Å². The molecule has 0 saturated carbocycles. The first-order chi connectivity index (χ1) is 8.83. The van der Waals surface area contributed by atoms with E-state index in [4.69, 9.17) is 0 Å². The van der Waals surface area contributed by atoms with Gasteiger partial charge in [0.15, 0.2) is 0 Å². The molecule has 0 aliphatic carbocycles. The summed E-state index contributed by atoms with van der Waals surface area (Å²) in [4.78, 5) is 4.26. The second-order valence-corrected chi connectivity index (χ2v) is 4.22. The van der Waals surface area contributed by atoms with Crippen molar-refractivity contribution >= 4 is 23.1 Å². The molecular formula is C15H13N3. The fourth-order valence-corrected chi connectivity index (χ4v) is 1.86. The lowest BCUT2D eigenvalue weighted by atomic mass is 10.2. The molecule has 18 heavy (non-hydrogen) atoms. The third-order valence-electron chi connectivity index (χ3n) is 2.87. The van der Waals surface area contributed by atoms with Gasteiger partial charge < -0.3 is 0 Å². The third-order valence-corrected chi connectivity index (χ3v) is 2.87. The maximum atomic E-state index is 4.30. The van der Waals surface area contributed by atoms with Crippen molar-refractivity contribution in [1.82, 2.24) is 15.2 Å². The molecule has 88 valence electrons. The average Bonchev–Trinajstić information content (AvgIpc) is 2.82. The van der Waals surface area contributed by atoms with Gasteiger partial charge in [0.1, 0.15) is 0 Å². The second-order valence-electron chi connectivity index (χ2n) is 4.22. The smallest absolute Gasteiger partial charge is 0.0927 e. The number of rotatable bonds is 2. The second kappa shape index (κ2) is 4.45. The molecule has 3 heteroatoms. The molecule has 2 aromatic heterocycles. The highest BCUT2D eigenvalue weighted by molar-refractivity contribution is 5.89. The molecule has 0 bridgehead atoms. The molecule has 3 aromatic rings. The van der Waals surface area contributed by atoms with Crippen LogP contribution in [0.3, 0.4) is 0 Å². The molecule has 0 amide bonds. The van der Waals surface area contributed by atoms with Crippen molar-refractivity contribution < 1.29 is 0 Å². The van der Waals surface area contributed by atoms with Crippen molar-refractivity contribution in [1.29, 1.82) is 0 Å². The zero-order valence-electron chi connectivity index (χ0n) is 10.1. The van der Waals surface area contributed by atoms with E-state index in [1.807, 2.05) is 55.6 Å². The number of nitrogens with one attached hydrogen (secondary N) is 1. The predicted molar refractivity (Wildman–Crippen MR) is 74.0 cm³/mol. The highest BCUT2D eigenvalue weighted by atomic mass is 15.1. The van der Waals surface area contributed by atoms with Crippen LogP contribution < -0.4 is 0 Å². The summed E-state index contributed by atoms with van der Waals surface area (Å²) in [6.45, 7) is 1.98.